The molecule has 0 nitrogen and oxygen atoms in total. The number of hydrogen-bond acceptors (Lipinski definition) is 0. The van der Waals surface area contributed by atoms with Gasteiger partial charge in [-0.25, -0.2) is 19.6 Å². The van der Waals surface area contributed by atoms with E-state index in [9.17, 15) is 0 Å². The summed E-state index contributed by atoms with van der Waals surface area (Å²) in [6, 6.07) is 0. The monoisotopic (exact) mass is 462 g/mol. The molecule has 0 radical (unpaired) electrons. The zero-order valence-corrected chi connectivity index (χ0v) is 18.7. The van der Waals surface area contributed by atoms with E-state index in [2.05, 4.69) is 13.5 Å². The van der Waals surface area contributed by atoms with Crippen molar-refractivity contribution in [3.8, 4) is 0 Å². The maximum Gasteiger partial charge on any atom is 2.00 e. The molecule has 0 aliphatic heterocycles. The second-order valence-electron chi connectivity index (χ2n) is 7.61. The molecule has 24 heavy (non-hydrogen) atoms. The molecule has 0 aromatic rings. The number of halogens is 1. The van der Waals surface area contributed by atoms with Crippen molar-refractivity contribution in [3.63, 3.8) is 0 Å². The van der Waals surface area contributed by atoms with Gasteiger partial charge in [-0.15, -0.1) is 0 Å². The van der Waals surface area contributed by atoms with Crippen LogP contribution in [0.15, 0.2) is 12.7 Å². The van der Waals surface area contributed by atoms with Crippen molar-refractivity contribution < 1.29 is 32.8 Å². The Balaban J connectivity index is 0.000000988. The molecular weight excluding hydrogens is 425 g/mol. The summed E-state index contributed by atoms with van der Waals surface area (Å²) in [4.78, 5) is 0. The van der Waals surface area contributed by atoms with Crippen LogP contribution in [0.25, 0.3) is 0 Å². The fourth-order valence-corrected chi connectivity index (χ4v) is 9.71. The minimum atomic E-state index is 0. The molecule has 0 heterocycles. The van der Waals surface area contributed by atoms with Crippen molar-refractivity contribution in [1.29, 1.82) is 0 Å². The van der Waals surface area contributed by atoms with Gasteiger partial charge in [0.1, 0.15) is 0 Å². The van der Waals surface area contributed by atoms with Crippen LogP contribution < -0.4 is 12.4 Å². The Labute approximate surface area is 173 Å². The fourth-order valence-electron chi connectivity index (χ4n) is 5.03. The van der Waals surface area contributed by atoms with E-state index in [4.69, 9.17) is 0 Å². The molecule has 0 unspecified atom stereocenters. The minimum Gasteiger partial charge on any atom is -1.00 e. The van der Waals surface area contributed by atoms with Gasteiger partial charge < -0.3 is 12.4 Å². The number of allylic oxidation sites excluding steroid dienone is 1. The molecule has 144 valence electrons. The Bertz CT molecular complexity index is 249. The maximum absolute atomic E-state index is 3.25. The Kier molecular flexibility index (Phi) is 15.7. The van der Waals surface area contributed by atoms with Crippen LogP contribution in [-0.2, 0) is 20.4 Å². The first-order valence-corrected chi connectivity index (χ1v) is 11.6. The van der Waals surface area contributed by atoms with Crippen LogP contribution >= 0.6 is 7.92 Å². The van der Waals surface area contributed by atoms with E-state index < -0.39 is 0 Å². The average Bonchev–Trinajstić information content (AvgIpc) is 2.59. The summed E-state index contributed by atoms with van der Waals surface area (Å²) in [6.45, 7) is 6.50. The molecule has 0 bridgehead atoms. The molecule has 3 saturated carbocycles. The standard InChI is InChI=1S/C18H33P.C3H5.ClH.Pd/c1-4-10-16(11-5-1)19(17-12-6-2-7-13-17)18-14-8-3-9-15-18;1-3-2;;/h16-18H,1-15H2;3H,1-2H2;1H;/q;-1;;+2/p-1. The van der Waals surface area contributed by atoms with Gasteiger partial charge in [-0.1, -0.05) is 65.7 Å². The van der Waals surface area contributed by atoms with Crippen LogP contribution in [-0.4, -0.2) is 17.0 Å². The van der Waals surface area contributed by atoms with E-state index in [1.165, 1.54) is 42.3 Å². The predicted octanol–water partition coefficient (Wildman–Crippen LogP) is 4.47. The quantitative estimate of drug-likeness (QED) is 0.329. The maximum atomic E-state index is 3.25. The molecule has 0 N–H and O–H groups in total. The van der Waals surface area contributed by atoms with Gasteiger partial charge in [0.2, 0.25) is 0 Å². The third kappa shape index (κ3) is 8.13. The Hall–Kier alpha value is 0.992. The first-order chi connectivity index (χ1) is 10.9. The van der Waals surface area contributed by atoms with Crippen LogP contribution in [0.5, 0.6) is 0 Å². The summed E-state index contributed by atoms with van der Waals surface area (Å²) in [6.07, 6.45) is 25.1. The molecule has 0 saturated heterocycles. The Morgan fingerprint density at radius 3 is 1.04 bits per heavy atom. The Morgan fingerprint density at radius 2 is 0.833 bits per heavy atom. The molecule has 3 fully saturated rings. The van der Waals surface area contributed by atoms with Crippen molar-refractivity contribution in [1.82, 2.24) is 0 Å². The van der Waals surface area contributed by atoms with Gasteiger partial charge in [0.25, 0.3) is 0 Å². The summed E-state index contributed by atoms with van der Waals surface area (Å²) in [5.41, 5.74) is 3.57. The third-order valence-electron chi connectivity index (χ3n) is 5.99. The van der Waals surface area contributed by atoms with Gasteiger partial charge in [-0.3, -0.25) is 0 Å². The number of rotatable bonds is 3. The van der Waals surface area contributed by atoms with Gasteiger partial charge in [0, 0.05) is 0 Å². The van der Waals surface area contributed by atoms with Crippen molar-refractivity contribution >= 4 is 7.92 Å². The first-order valence-electron chi connectivity index (χ1n) is 10.0. The van der Waals surface area contributed by atoms with E-state index in [1.54, 1.807) is 77.0 Å². The smallest absolute Gasteiger partial charge is 1.00 e. The topological polar surface area (TPSA) is 0 Å². The Morgan fingerprint density at radius 1 is 0.625 bits per heavy atom. The van der Waals surface area contributed by atoms with Crippen molar-refractivity contribution in [2.24, 2.45) is 0 Å². The third-order valence-corrected chi connectivity index (χ3v) is 10.1. The largest absolute Gasteiger partial charge is 2.00 e. The van der Waals surface area contributed by atoms with Crippen LogP contribution in [0.1, 0.15) is 96.3 Å². The second-order valence-corrected chi connectivity index (χ2v) is 10.7. The molecule has 3 aliphatic carbocycles. The molecule has 3 aliphatic rings. The molecule has 0 aromatic carbocycles. The van der Waals surface area contributed by atoms with Gasteiger partial charge in [-0.05, 0) is 55.5 Å². The fraction of sp³-hybridized carbons (Fsp3) is 0.857. The van der Waals surface area contributed by atoms with E-state index >= 15 is 0 Å². The summed E-state index contributed by atoms with van der Waals surface area (Å²) in [5.74, 6) is 0. The van der Waals surface area contributed by atoms with Crippen molar-refractivity contribution in [2.75, 3.05) is 0 Å². The zero-order chi connectivity index (χ0) is 15.6. The molecule has 3 heteroatoms. The molecule has 0 amide bonds. The SMILES string of the molecule is C1CCC(P(C2CCCCC2)C2CCCCC2)CC1.C=C[CH2-].[Cl-].[Pd+2]. The first kappa shape index (κ1) is 25.0. The summed E-state index contributed by atoms with van der Waals surface area (Å²) < 4.78 is 0. The van der Waals surface area contributed by atoms with Crippen molar-refractivity contribution in [3.05, 3.63) is 19.6 Å². The van der Waals surface area contributed by atoms with E-state index in [1.807, 2.05) is 0 Å². The molecule has 0 spiro atoms. The predicted molar refractivity (Wildman–Crippen MR) is 103 cm³/mol. The molecule has 3 rings (SSSR count). The van der Waals surface area contributed by atoms with Crippen LogP contribution in [0.2, 0.25) is 0 Å². The van der Waals surface area contributed by atoms with Gasteiger partial charge in [0.15, 0.2) is 0 Å². The zero-order valence-electron chi connectivity index (χ0n) is 15.5. The summed E-state index contributed by atoms with van der Waals surface area (Å²) >= 11 is 0. The van der Waals surface area contributed by atoms with Crippen LogP contribution in [0.3, 0.4) is 0 Å². The summed E-state index contributed by atoms with van der Waals surface area (Å²) in [5, 5.41) is 0. The molecular formula is C21H38ClPPd. The average molecular weight is 463 g/mol. The van der Waals surface area contributed by atoms with Crippen molar-refractivity contribution in [2.45, 2.75) is 113 Å². The minimum absolute atomic E-state index is 0. The van der Waals surface area contributed by atoms with Gasteiger partial charge >= 0.3 is 20.4 Å². The van der Waals surface area contributed by atoms with E-state index in [0.29, 0.717) is 7.92 Å². The normalized spacial score (nSPS) is 23.4. The summed E-state index contributed by atoms with van der Waals surface area (Å²) in [7, 11) is 0.385. The van der Waals surface area contributed by atoms with Gasteiger partial charge in [-0.2, -0.15) is 0 Å². The molecule has 0 aromatic heterocycles. The van der Waals surface area contributed by atoms with Crippen LogP contribution in [0.4, 0.5) is 0 Å². The van der Waals surface area contributed by atoms with E-state index in [0.717, 1.165) is 0 Å². The second kappa shape index (κ2) is 15.1. The van der Waals surface area contributed by atoms with Gasteiger partial charge in [0.05, 0.1) is 0 Å². The number of hydrogen-bond donors (Lipinski definition) is 0. The van der Waals surface area contributed by atoms with E-state index in [-0.39, 0.29) is 32.8 Å². The molecule has 0 atom stereocenters. The van der Waals surface area contributed by atoms with Crippen LogP contribution in [0, 0.1) is 6.92 Å².